The third kappa shape index (κ3) is 3.96. The lowest BCUT2D eigenvalue weighted by Gasteiger charge is -2.29. The summed E-state index contributed by atoms with van der Waals surface area (Å²) in [6, 6.07) is 5.00. The fourth-order valence-electron chi connectivity index (χ4n) is 1.86. The molecule has 0 saturated heterocycles. The van der Waals surface area contributed by atoms with Gasteiger partial charge >= 0.3 is 0 Å². The van der Waals surface area contributed by atoms with Gasteiger partial charge in [-0.2, -0.15) is 0 Å². The van der Waals surface area contributed by atoms with E-state index in [1.807, 2.05) is 0 Å². The zero-order valence-corrected chi connectivity index (χ0v) is 13.4. The van der Waals surface area contributed by atoms with Gasteiger partial charge in [-0.25, -0.2) is 0 Å². The largest absolute Gasteiger partial charge is 0.508 e. The van der Waals surface area contributed by atoms with Crippen LogP contribution in [0.2, 0.25) is 0 Å². The van der Waals surface area contributed by atoms with E-state index in [1.165, 1.54) is 6.07 Å². The van der Waals surface area contributed by atoms with Crippen molar-refractivity contribution in [3.05, 3.63) is 29.3 Å². The Balaban J connectivity index is 2.72. The number of halogens is 1. The van der Waals surface area contributed by atoms with E-state index in [9.17, 15) is 9.90 Å². The zero-order valence-electron chi connectivity index (χ0n) is 11.8. The molecule has 19 heavy (non-hydrogen) atoms. The predicted octanol–water partition coefficient (Wildman–Crippen LogP) is 3.63. The Morgan fingerprint density at radius 3 is 2.47 bits per heavy atom. The maximum atomic E-state index is 12.1. The van der Waals surface area contributed by atoms with Crippen LogP contribution in [0.3, 0.4) is 0 Å². The number of rotatable bonds is 6. The summed E-state index contributed by atoms with van der Waals surface area (Å²) in [5.41, 5.74) is 1.37. The molecule has 1 aromatic rings. The second-order valence-electron chi connectivity index (χ2n) is 5.02. The maximum absolute atomic E-state index is 12.1. The molecule has 0 fully saturated rings. The molecule has 0 saturated carbocycles. The third-order valence-corrected chi connectivity index (χ3v) is 5.07. The molecular formula is C15H22BrNO2. The van der Waals surface area contributed by atoms with E-state index in [4.69, 9.17) is 0 Å². The van der Waals surface area contributed by atoms with Gasteiger partial charge in [-0.15, -0.1) is 0 Å². The Morgan fingerprint density at radius 1 is 1.37 bits per heavy atom. The van der Waals surface area contributed by atoms with E-state index in [1.54, 1.807) is 19.1 Å². The number of amides is 1. The van der Waals surface area contributed by atoms with E-state index >= 15 is 0 Å². The standard InChI is InChI=1S/C15H22BrNO2/c1-4-15(5-2,9-16)10-17-14(19)12-7-6-11(3)13(18)8-12/h6-8,18H,4-5,9-10H2,1-3H3,(H,17,19). The Hall–Kier alpha value is -1.03. The van der Waals surface area contributed by atoms with Crippen LogP contribution in [-0.4, -0.2) is 22.9 Å². The van der Waals surface area contributed by atoms with Crippen LogP contribution in [0.25, 0.3) is 0 Å². The first-order chi connectivity index (χ1) is 8.98. The van der Waals surface area contributed by atoms with Gasteiger partial charge in [0.25, 0.3) is 5.91 Å². The van der Waals surface area contributed by atoms with Crippen LogP contribution in [-0.2, 0) is 0 Å². The number of phenolic OH excluding ortho intramolecular Hbond substituents is 1. The Bertz CT molecular complexity index is 434. The molecule has 3 nitrogen and oxygen atoms in total. The van der Waals surface area contributed by atoms with Gasteiger partial charge in [0.2, 0.25) is 0 Å². The Morgan fingerprint density at radius 2 is 2.00 bits per heavy atom. The monoisotopic (exact) mass is 327 g/mol. The average molecular weight is 328 g/mol. The molecule has 0 aliphatic carbocycles. The first-order valence-electron chi connectivity index (χ1n) is 6.62. The van der Waals surface area contributed by atoms with E-state index in [-0.39, 0.29) is 17.1 Å². The minimum absolute atomic E-state index is 0.0996. The molecule has 106 valence electrons. The second kappa shape index (κ2) is 6.94. The van der Waals surface area contributed by atoms with Crippen molar-refractivity contribution >= 4 is 21.8 Å². The van der Waals surface area contributed by atoms with Crippen molar-refractivity contribution in [1.29, 1.82) is 0 Å². The van der Waals surface area contributed by atoms with Gasteiger partial charge in [0, 0.05) is 17.4 Å². The van der Waals surface area contributed by atoms with Crippen molar-refractivity contribution in [3.8, 4) is 5.75 Å². The number of aryl methyl sites for hydroxylation is 1. The van der Waals surface area contributed by atoms with Crippen molar-refractivity contribution in [2.45, 2.75) is 33.6 Å². The van der Waals surface area contributed by atoms with Crippen LogP contribution in [0.15, 0.2) is 18.2 Å². The fourth-order valence-corrected chi connectivity index (χ4v) is 2.85. The van der Waals surface area contributed by atoms with Crippen LogP contribution in [0.1, 0.15) is 42.6 Å². The lowest BCUT2D eigenvalue weighted by molar-refractivity contribution is 0.0932. The topological polar surface area (TPSA) is 49.3 Å². The van der Waals surface area contributed by atoms with Crippen LogP contribution >= 0.6 is 15.9 Å². The summed E-state index contributed by atoms with van der Waals surface area (Å²) in [7, 11) is 0. The summed E-state index contributed by atoms with van der Waals surface area (Å²) in [6.07, 6.45) is 2.02. The molecule has 0 unspecified atom stereocenters. The molecule has 1 rings (SSSR count). The highest BCUT2D eigenvalue weighted by Gasteiger charge is 2.25. The quantitative estimate of drug-likeness (QED) is 0.784. The second-order valence-corrected chi connectivity index (χ2v) is 5.59. The molecule has 0 heterocycles. The van der Waals surface area contributed by atoms with Crippen molar-refractivity contribution < 1.29 is 9.90 Å². The fraction of sp³-hybridized carbons (Fsp3) is 0.533. The van der Waals surface area contributed by atoms with Gasteiger partial charge in [-0.3, -0.25) is 4.79 Å². The summed E-state index contributed by atoms with van der Waals surface area (Å²) < 4.78 is 0. The molecule has 1 amide bonds. The van der Waals surface area contributed by atoms with Crippen LogP contribution < -0.4 is 5.32 Å². The van der Waals surface area contributed by atoms with Gasteiger partial charge in [0.15, 0.2) is 0 Å². The molecule has 0 aliphatic rings. The molecule has 1 aromatic carbocycles. The van der Waals surface area contributed by atoms with E-state index in [2.05, 4.69) is 35.1 Å². The van der Waals surface area contributed by atoms with Crippen LogP contribution in [0.5, 0.6) is 5.75 Å². The number of phenols is 1. The molecule has 0 aromatic heterocycles. The minimum atomic E-state index is -0.137. The van der Waals surface area contributed by atoms with Crippen molar-refractivity contribution in [1.82, 2.24) is 5.32 Å². The molecule has 2 N–H and O–H groups in total. The number of hydrogen-bond acceptors (Lipinski definition) is 2. The lowest BCUT2D eigenvalue weighted by Crippen LogP contribution is -2.38. The van der Waals surface area contributed by atoms with Gasteiger partial charge in [0.05, 0.1) is 0 Å². The Labute approximate surface area is 123 Å². The normalized spacial score (nSPS) is 11.4. The molecule has 0 atom stereocenters. The summed E-state index contributed by atoms with van der Waals surface area (Å²) in [5, 5.41) is 13.5. The smallest absolute Gasteiger partial charge is 0.251 e. The molecule has 0 spiro atoms. The number of nitrogens with one attached hydrogen (secondary N) is 1. The lowest BCUT2D eigenvalue weighted by atomic mass is 9.84. The highest BCUT2D eigenvalue weighted by Crippen LogP contribution is 2.28. The number of benzene rings is 1. The summed E-state index contributed by atoms with van der Waals surface area (Å²) in [6.45, 7) is 6.71. The van der Waals surface area contributed by atoms with Gasteiger partial charge in [-0.05, 0) is 42.9 Å². The number of alkyl halides is 1. The summed E-state index contributed by atoms with van der Waals surface area (Å²) in [5.74, 6) is 0.0212. The average Bonchev–Trinajstić information content (AvgIpc) is 2.43. The molecule has 0 aliphatic heterocycles. The highest BCUT2D eigenvalue weighted by molar-refractivity contribution is 9.09. The third-order valence-electron chi connectivity index (χ3n) is 3.88. The number of hydrogen-bond donors (Lipinski definition) is 2. The highest BCUT2D eigenvalue weighted by atomic mass is 79.9. The van der Waals surface area contributed by atoms with E-state index < -0.39 is 0 Å². The number of carbonyl (C=O) groups excluding carboxylic acids is 1. The summed E-state index contributed by atoms with van der Waals surface area (Å²) >= 11 is 3.53. The summed E-state index contributed by atoms with van der Waals surface area (Å²) in [4.78, 5) is 12.1. The zero-order chi connectivity index (χ0) is 14.5. The maximum Gasteiger partial charge on any atom is 0.251 e. The van der Waals surface area contributed by atoms with Crippen LogP contribution in [0.4, 0.5) is 0 Å². The number of aromatic hydroxyl groups is 1. The minimum Gasteiger partial charge on any atom is -0.508 e. The first kappa shape index (κ1) is 16.0. The van der Waals surface area contributed by atoms with Crippen LogP contribution in [0, 0.1) is 12.3 Å². The van der Waals surface area contributed by atoms with Gasteiger partial charge < -0.3 is 10.4 Å². The van der Waals surface area contributed by atoms with Gasteiger partial charge in [0.1, 0.15) is 5.75 Å². The van der Waals surface area contributed by atoms with E-state index in [0.29, 0.717) is 12.1 Å². The number of carbonyl (C=O) groups is 1. The Kier molecular flexibility index (Phi) is 5.85. The van der Waals surface area contributed by atoms with Crippen molar-refractivity contribution in [3.63, 3.8) is 0 Å². The first-order valence-corrected chi connectivity index (χ1v) is 7.74. The molecule has 0 bridgehead atoms. The predicted molar refractivity (Wildman–Crippen MR) is 82.0 cm³/mol. The van der Waals surface area contributed by atoms with Crippen molar-refractivity contribution in [2.75, 3.05) is 11.9 Å². The van der Waals surface area contributed by atoms with Crippen molar-refractivity contribution in [2.24, 2.45) is 5.41 Å². The molecular weight excluding hydrogens is 306 g/mol. The van der Waals surface area contributed by atoms with E-state index in [0.717, 1.165) is 23.7 Å². The molecule has 4 heteroatoms. The SMILES string of the molecule is CCC(CC)(CBr)CNC(=O)c1ccc(C)c(O)c1. The van der Waals surface area contributed by atoms with Gasteiger partial charge in [-0.1, -0.05) is 35.8 Å². The molecule has 0 radical (unpaired) electrons.